The second-order valence-corrected chi connectivity index (χ2v) is 8.03. The van der Waals surface area contributed by atoms with E-state index in [2.05, 4.69) is 4.99 Å². The van der Waals surface area contributed by atoms with Crippen molar-refractivity contribution >= 4 is 23.6 Å². The number of esters is 1. The second-order valence-electron chi connectivity index (χ2n) is 8.03. The molecular weight excluding hydrogens is 456 g/mol. The van der Waals surface area contributed by atoms with Crippen LogP contribution in [-0.2, 0) is 16.1 Å². The maximum atomic E-state index is 12.5. The Balaban J connectivity index is 1.33. The predicted molar refractivity (Wildman–Crippen MR) is 136 cm³/mol. The minimum atomic E-state index is -0.540. The van der Waals surface area contributed by atoms with Crippen LogP contribution in [0.25, 0.3) is 17.2 Å². The minimum Gasteiger partial charge on any atom is -0.488 e. The van der Waals surface area contributed by atoms with Crippen molar-refractivity contribution in [2.75, 3.05) is 0 Å². The van der Waals surface area contributed by atoms with Gasteiger partial charge in [-0.05, 0) is 53.1 Å². The van der Waals surface area contributed by atoms with E-state index < -0.39 is 10.9 Å². The smallest absolute Gasteiger partial charge is 0.363 e. The summed E-state index contributed by atoms with van der Waals surface area (Å²) in [6.45, 7) is 0.213. The average Bonchev–Trinajstić information content (AvgIpc) is 3.29. The summed E-state index contributed by atoms with van der Waals surface area (Å²) in [4.78, 5) is 27.3. The average molecular weight is 476 g/mol. The van der Waals surface area contributed by atoms with Gasteiger partial charge in [-0.1, -0.05) is 60.7 Å². The Hall–Kier alpha value is -5.04. The number of aliphatic imine (C=N–C) groups is 1. The molecule has 1 aliphatic heterocycles. The second kappa shape index (κ2) is 10.1. The largest absolute Gasteiger partial charge is 0.488 e. The number of para-hydroxylation sites is 1. The fraction of sp³-hybridized carbons (Fsp3) is 0.0345. The van der Waals surface area contributed by atoms with Crippen LogP contribution >= 0.6 is 0 Å². The van der Waals surface area contributed by atoms with Gasteiger partial charge in [-0.2, -0.15) is 0 Å². The maximum Gasteiger partial charge on any atom is 0.363 e. The van der Waals surface area contributed by atoms with E-state index >= 15 is 0 Å². The summed E-state index contributed by atoms with van der Waals surface area (Å²) in [6, 6.07) is 31.1. The molecule has 0 atom stereocenters. The van der Waals surface area contributed by atoms with Crippen molar-refractivity contribution in [1.29, 1.82) is 0 Å². The van der Waals surface area contributed by atoms with Gasteiger partial charge in [-0.3, -0.25) is 10.1 Å². The third-order valence-corrected chi connectivity index (χ3v) is 5.61. The summed E-state index contributed by atoms with van der Waals surface area (Å²) in [5, 5.41) is 10.8. The number of nitro benzene ring substituents is 1. The molecular formula is C29H20N2O5. The Morgan fingerprint density at radius 1 is 0.806 bits per heavy atom. The lowest BCUT2D eigenvalue weighted by Crippen LogP contribution is -2.05. The van der Waals surface area contributed by atoms with Crippen molar-refractivity contribution in [3.8, 4) is 16.9 Å². The molecule has 1 aliphatic rings. The number of non-ortho nitro benzene ring substituents is 1. The zero-order valence-corrected chi connectivity index (χ0v) is 19.0. The van der Waals surface area contributed by atoms with Gasteiger partial charge in [-0.25, -0.2) is 9.79 Å². The first kappa shape index (κ1) is 22.7. The van der Waals surface area contributed by atoms with Crippen LogP contribution < -0.4 is 4.74 Å². The van der Waals surface area contributed by atoms with E-state index in [1.165, 1.54) is 12.1 Å². The first-order chi connectivity index (χ1) is 17.6. The number of nitrogens with zero attached hydrogens (tertiary/aromatic N) is 2. The van der Waals surface area contributed by atoms with Gasteiger partial charge in [0.15, 0.2) is 5.70 Å². The lowest BCUT2D eigenvalue weighted by Gasteiger charge is -2.09. The van der Waals surface area contributed by atoms with Crippen molar-refractivity contribution in [1.82, 2.24) is 0 Å². The van der Waals surface area contributed by atoms with E-state index in [0.717, 1.165) is 16.7 Å². The van der Waals surface area contributed by atoms with Gasteiger partial charge in [0, 0.05) is 23.3 Å². The molecule has 0 spiro atoms. The van der Waals surface area contributed by atoms with Crippen LogP contribution in [0.4, 0.5) is 5.69 Å². The molecule has 5 rings (SSSR count). The van der Waals surface area contributed by atoms with Crippen LogP contribution in [0.1, 0.15) is 16.7 Å². The lowest BCUT2D eigenvalue weighted by molar-refractivity contribution is -0.384. The molecule has 0 fully saturated rings. The molecule has 36 heavy (non-hydrogen) atoms. The van der Waals surface area contributed by atoms with Gasteiger partial charge in [0.05, 0.1) is 4.92 Å². The van der Waals surface area contributed by atoms with Crippen LogP contribution in [-0.4, -0.2) is 16.8 Å². The van der Waals surface area contributed by atoms with Gasteiger partial charge in [0.1, 0.15) is 12.4 Å². The topological polar surface area (TPSA) is 91.0 Å². The Morgan fingerprint density at radius 3 is 2.17 bits per heavy atom. The molecule has 0 aromatic heterocycles. The molecule has 0 radical (unpaired) electrons. The minimum absolute atomic E-state index is 0.0204. The maximum absolute atomic E-state index is 12.5. The summed E-state index contributed by atoms with van der Waals surface area (Å²) < 4.78 is 11.3. The molecule has 4 aromatic rings. The third-order valence-electron chi connectivity index (χ3n) is 5.61. The fourth-order valence-electron chi connectivity index (χ4n) is 3.72. The lowest BCUT2D eigenvalue weighted by atomic mass is 10.0. The highest BCUT2D eigenvalue weighted by molar-refractivity contribution is 6.13. The first-order valence-electron chi connectivity index (χ1n) is 11.2. The Kier molecular flexibility index (Phi) is 6.36. The quantitative estimate of drug-likeness (QED) is 0.137. The summed E-state index contributed by atoms with van der Waals surface area (Å²) in [5.41, 5.74) is 4.49. The number of cyclic esters (lactones) is 1. The Morgan fingerprint density at radius 2 is 1.44 bits per heavy atom. The molecule has 0 amide bonds. The van der Waals surface area contributed by atoms with Gasteiger partial charge in [0.2, 0.25) is 5.90 Å². The molecule has 0 N–H and O–H groups in total. The summed E-state index contributed by atoms with van der Waals surface area (Å²) in [5.74, 6) is 0.254. The number of carbonyl (C=O) groups is 1. The highest BCUT2D eigenvalue weighted by Crippen LogP contribution is 2.27. The zero-order chi connectivity index (χ0) is 24.9. The van der Waals surface area contributed by atoms with Crippen molar-refractivity contribution in [2.45, 2.75) is 6.61 Å². The van der Waals surface area contributed by atoms with E-state index in [1.807, 2.05) is 72.8 Å². The highest BCUT2D eigenvalue weighted by Gasteiger charge is 2.24. The van der Waals surface area contributed by atoms with Crippen LogP contribution in [0.3, 0.4) is 0 Å². The summed E-state index contributed by atoms with van der Waals surface area (Å²) >= 11 is 0. The Labute approximate surface area is 207 Å². The number of benzene rings is 4. The summed E-state index contributed by atoms with van der Waals surface area (Å²) in [6.07, 6.45) is 1.62. The van der Waals surface area contributed by atoms with E-state index in [0.29, 0.717) is 16.9 Å². The van der Waals surface area contributed by atoms with Crippen molar-refractivity contribution in [3.05, 3.63) is 136 Å². The molecule has 0 bridgehead atoms. The molecule has 176 valence electrons. The number of hydrogen-bond donors (Lipinski definition) is 0. The van der Waals surface area contributed by atoms with Crippen molar-refractivity contribution < 1.29 is 19.2 Å². The number of nitro groups is 1. The molecule has 0 saturated carbocycles. The van der Waals surface area contributed by atoms with Gasteiger partial charge < -0.3 is 9.47 Å². The van der Waals surface area contributed by atoms with Crippen LogP contribution in [0.2, 0.25) is 0 Å². The number of hydrogen-bond acceptors (Lipinski definition) is 6. The fourth-order valence-corrected chi connectivity index (χ4v) is 3.72. The van der Waals surface area contributed by atoms with E-state index in [4.69, 9.17) is 9.47 Å². The van der Waals surface area contributed by atoms with E-state index in [9.17, 15) is 14.9 Å². The number of ether oxygens (including phenoxy) is 2. The molecule has 0 saturated heterocycles. The Bertz CT molecular complexity index is 1470. The monoisotopic (exact) mass is 476 g/mol. The molecule has 0 aliphatic carbocycles. The van der Waals surface area contributed by atoms with Gasteiger partial charge in [-0.15, -0.1) is 0 Å². The molecule has 1 heterocycles. The zero-order valence-electron chi connectivity index (χ0n) is 19.0. The van der Waals surface area contributed by atoms with Gasteiger partial charge in [0.25, 0.3) is 5.69 Å². The van der Waals surface area contributed by atoms with Crippen LogP contribution in [0.5, 0.6) is 5.75 Å². The number of carbonyl (C=O) groups excluding carboxylic acids is 1. The van der Waals surface area contributed by atoms with Crippen molar-refractivity contribution in [2.24, 2.45) is 4.99 Å². The number of rotatable bonds is 7. The first-order valence-corrected chi connectivity index (χ1v) is 11.2. The summed E-state index contributed by atoms with van der Waals surface area (Å²) in [7, 11) is 0. The van der Waals surface area contributed by atoms with Crippen LogP contribution in [0, 0.1) is 10.1 Å². The predicted octanol–water partition coefficient (Wildman–Crippen LogP) is 6.19. The van der Waals surface area contributed by atoms with Gasteiger partial charge >= 0.3 is 5.97 Å². The normalized spacial score (nSPS) is 13.8. The van der Waals surface area contributed by atoms with E-state index in [-0.39, 0.29) is 23.9 Å². The third kappa shape index (κ3) is 5.05. The molecule has 0 unspecified atom stereocenters. The van der Waals surface area contributed by atoms with Crippen LogP contribution in [0.15, 0.2) is 114 Å². The molecule has 7 heteroatoms. The standard InChI is InChI=1S/C29H20N2O5/c32-29-26(30-28(36-29)23-14-12-22(13-15-23)21-6-2-1-3-7-21)18-24-8-4-5-9-27(24)35-19-20-10-16-25(17-11-20)31(33)34/h1-18H,19H2/b26-18-. The molecule has 4 aromatic carbocycles. The van der Waals surface area contributed by atoms with E-state index in [1.54, 1.807) is 24.3 Å². The highest BCUT2D eigenvalue weighted by atomic mass is 16.6. The van der Waals surface area contributed by atoms with Crippen molar-refractivity contribution in [3.63, 3.8) is 0 Å². The SMILES string of the molecule is O=C1OC(c2ccc(-c3ccccc3)cc2)=N/C1=C\c1ccccc1OCc1ccc([N+](=O)[O-])cc1. The molecule has 7 nitrogen and oxygen atoms in total.